The SMILES string of the molecule is CCCCCCCOc1ccc(-c2cnc(-c3ccc(CC(NC(=O)c4ccc(C(C)(C)C)cc4)C(=O)NC(CC(=O)O)c4cccc(O)c4)cc3)nc2)cc1. The Labute approximate surface area is 329 Å². The van der Waals surface area contributed by atoms with E-state index in [9.17, 15) is 24.6 Å². The molecule has 4 N–H and O–H groups in total. The van der Waals surface area contributed by atoms with E-state index in [2.05, 4.69) is 48.3 Å². The fourth-order valence-electron chi connectivity index (χ4n) is 6.30. The summed E-state index contributed by atoms with van der Waals surface area (Å²) >= 11 is 0. The second-order valence-corrected chi connectivity index (χ2v) is 15.1. The van der Waals surface area contributed by atoms with Crippen LogP contribution in [0.5, 0.6) is 11.5 Å². The Morgan fingerprint density at radius 1 is 0.768 bits per heavy atom. The zero-order valence-corrected chi connectivity index (χ0v) is 32.6. The number of amides is 2. The van der Waals surface area contributed by atoms with E-state index in [1.165, 1.54) is 37.8 Å². The number of nitrogens with one attached hydrogen (secondary N) is 2. The summed E-state index contributed by atoms with van der Waals surface area (Å²) < 4.78 is 5.90. The number of rotatable bonds is 18. The molecule has 0 saturated carbocycles. The number of nitrogens with zero attached hydrogens (tertiary/aromatic N) is 2. The first-order valence-corrected chi connectivity index (χ1v) is 19.3. The van der Waals surface area contributed by atoms with Crippen molar-refractivity contribution in [2.24, 2.45) is 0 Å². The number of hydrogen-bond donors (Lipinski definition) is 4. The molecule has 0 aliphatic heterocycles. The minimum atomic E-state index is -1.13. The van der Waals surface area contributed by atoms with Crippen LogP contribution in [0.25, 0.3) is 22.5 Å². The van der Waals surface area contributed by atoms with Crippen LogP contribution in [0, 0.1) is 0 Å². The molecule has 0 bridgehead atoms. The third-order valence-corrected chi connectivity index (χ3v) is 9.61. The van der Waals surface area contributed by atoms with Gasteiger partial charge in [0.25, 0.3) is 5.91 Å². The molecule has 2 unspecified atom stereocenters. The Bertz CT molecular complexity index is 2040. The van der Waals surface area contributed by atoms with E-state index in [0.29, 0.717) is 23.6 Å². The second-order valence-electron chi connectivity index (χ2n) is 15.1. The Morgan fingerprint density at radius 2 is 1.43 bits per heavy atom. The number of ether oxygens (including phenoxy) is 1. The average molecular weight is 757 g/mol. The van der Waals surface area contributed by atoms with Crippen molar-refractivity contribution in [2.45, 2.75) is 90.1 Å². The van der Waals surface area contributed by atoms with Crippen LogP contribution < -0.4 is 15.4 Å². The summed E-state index contributed by atoms with van der Waals surface area (Å²) in [6.07, 6.45) is 9.23. The lowest BCUT2D eigenvalue weighted by Gasteiger charge is -2.24. The molecule has 0 spiro atoms. The van der Waals surface area contributed by atoms with E-state index in [1.54, 1.807) is 36.7 Å². The molecule has 5 rings (SSSR count). The standard InChI is InChI=1S/C46H52N4O6/c1-5-6-7-8-9-25-56-39-23-19-32(20-24-39)36-29-47-43(48-30-36)33-15-13-31(14-16-33)26-41(50-44(54)34-17-21-37(22-18-34)46(2,3)4)45(55)49-40(28-42(52)53)35-11-10-12-38(51)27-35/h10-24,27,29-30,40-41,51H,5-9,25-26,28H2,1-4H3,(H,49,55)(H,50,54)(H,52,53). The Hall–Kier alpha value is -6.03. The lowest BCUT2D eigenvalue weighted by molar-refractivity contribution is -0.137. The smallest absolute Gasteiger partial charge is 0.305 e. The van der Waals surface area contributed by atoms with Crippen molar-refractivity contribution >= 4 is 17.8 Å². The summed E-state index contributed by atoms with van der Waals surface area (Å²) in [7, 11) is 0. The largest absolute Gasteiger partial charge is 0.508 e. The van der Waals surface area contributed by atoms with E-state index in [1.807, 2.05) is 60.7 Å². The van der Waals surface area contributed by atoms with Gasteiger partial charge in [0, 0.05) is 35.5 Å². The van der Waals surface area contributed by atoms with Gasteiger partial charge in [0.1, 0.15) is 17.5 Å². The molecular formula is C46H52N4O6. The fraction of sp³-hybridized carbons (Fsp3) is 0.326. The topological polar surface area (TPSA) is 151 Å². The first kappa shape index (κ1) is 41.1. The number of aliphatic carboxylic acids is 1. The van der Waals surface area contributed by atoms with Crippen molar-refractivity contribution in [3.05, 3.63) is 132 Å². The minimum absolute atomic E-state index is 0.0581. The van der Waals surface area contributed by atoms with Crippen molar-refractivity contribution in [3.8, 4) is 34.0 Å². The minimum Gasteiger partial charge on any atom is -0.508 e. The van der Waals surface area contributed by atoms with E-state index in [4.69, 9.17) is 4.74 Å². The number of hydrogen-bond acceptors (Lipinski definition) is 7. The molecule has 1 aromatic heterocycles. The molecule has 10 nitrogen and oxygen atoms in total. The molecule has 1 heterocycles. The quantitative estimate of drug-likeness (QED) is 0.0648. The predicted octanol–water partition coefficient (Wildman–Crippen LogP) is 8.84. The molecule has 10 heteroatoms. The molecule has 0 aliphatic carbocycles. The monoisotopic (exact) mass is 756 g/mol. The highest BCUT2D eigenvalue weighted by Crippen LogP contribution is 2.26. The van der Waals surface area contributed by atoms with Gasteiger partial charge in [-0.15, -0.1) is 0 Å². The number of benzene rings is 4. The summed E-state index contributed by atoms with van der Waals surface area (Å²) in [4.78, 5) is 48.4. The molecule has 292 valence electrons. The predicted molar refractivity (Wildman–Crippen MR) is 219 cm³/mol. The first-order chi connectivity index (χ1) is 26.9. The number of aromatic nitrogens is 2. The van der Waals surface area contributed by atoms with Gasteiger partial charge in [-0.2, -0.15) is 0 Å². The first-order valence-electron chi connectivity index (χ1n) is 19.3. The summed E-state index contributed by atoms with van der Waals surface area (Å²) in [5.74, 6) is -0.820. The van der Waals surface area contributed by atoms with Gasteiger partial charge in [-0.1, -0.05) is 114 Å². The number of unbranched alkanes of at least 4 members (excludes halogenated alkanes) is 4. The molecule has 2 atom stereocenters. The van der Waals surface area contributed by atoms with Gasteiger partial charge in [-0.25, -0.2) is 9.97 Å². The van der Waals surface area contributed by atoms with Crippen LogP contribution in [-0.2, 0) is 21.4 Å². The summed E-state index contributed by atoms with van der Waals surface area (Å²) in [5, 5.41) is 25.4. The van der Waals surface area contributed by atoms with Gasteiger partial charge in [0.15, 0.2) is 5.82 Å². The third kappa shape index (κ3) is 12.0. The molecule has 4 aromatic carbocycles. The van der Waals surface area contributed by atoms with Crippen LogP contribution in [0.2, 0.25) is 0 Å². The molecule has 0 radical (unpaired) electrons. The van der Waals surface area contributed by atoms with Gasteiger partial charge in [-0.3, -0.25) is 14.4 Å². The maximum atomic E-state index is 13.9. The molecular weight excluding hydrogens is 705 g/mol. The van der Waals surface area contributed by atoms with Gasteiger partial charge >= 0.3 is 5.97 Å². The highest BCUT2D eigenvalue weighted by atomic mass is 16.5. The second kappa shape index (κ2) is 19.5. The van der Waals surface area contributed by atoms with Crippen molar-refractivity contribution in [1.29, 1.82) is 0 Å². The van der Waals surface area contributed by atoms with Crippen molar-refractivity contribution < 1.29 is 29.3 Å². The lowest BCUT2D eigenvalue weighted by Crippen LogP contribution is -2.49. The number of aromatic hydroxyl groups is 1. The van der Waals surface area contributed by atoms with Gasteiger partial charge in [0.05, 0.1) is 19.1 Å². The summed E-state index contributed by atoms with van der Waals surface area (Å²) in [6.45, 7) is 9.18. The van der Waals surface area contributed by atoms with Crippen LogP contribution in [0.3, 0.4) is 0 Å². The molecule has 5 aromatic rings. The molecule has 0 saturated heterocycles. The van der Waals surface area contributed by atoms with Crippen LogP contribution >= 0.6 is 0 Å². The highest BCUT2D eigenvalue weighted by Gasteiger charge is 2.27. The number of carboxylic acids is 1. The maximum Gasteiger partial charge on any atom is 0.305 e. The van der Waals surface area contributed by atoms with Crippen molar-refractivity contribution in [2.75, 3.05) is 6.61 Å². The molecule has 0 aliphatic rings. The van der Waals surface area contributed by atoms with Gasteiger partial charge < -0.3 is 25.6 Å². The number of carboxylic acid groups (broad SMARTS) is 1. The zero-order chi connectivity index (χ0) is 40.1. The number of phenolic OH excluding ortho intramolecular Hbond substituents is 1. The van der Waals surface area contributed by atoms with Gasteiger partial charge in [0.2, 0.25) is 5.91 Å². The summed E-state index contributed by atoms with van der Waals surface area (Å²) in [6, 6.07) is 26.7. The fourth-order valence-corrected chi connectivity index (χ4v) is 6.30. The number of carbonyl (C=O) groups is 3. The van der Waals surface area contributed by atoms with Crippen LogP contribution in [-0.4, -0.2) is 50.6 Å². The Morgan fingerprint density at radius 3 is 2.05 bits per heavy atom. The molecule has 0 fully saturated rings. The number of phenols is 1. The van der Waals surface area contributed by atoms with Crippen molar-refractivity contribution in [3.63, 3.8) is 0 Å². The van der Waals surface area contributed by atoms with E-state index in [-0.39, 0.29) is 17.6 Å². The maximum absolute atomic E-state index is 13.9. The third-order valence-electron chi connectivity index (χ3n) is 9.61. The molecule has 56 heavy (non-hydrogen) atoms. The number of carbonyl (C=O) groups excluding carboxylic acids is 2. The van der Waals surface area contributed by atoms with Gasteiger partial charge in [-0.05, 0) is 70.5 Å². The highest BCUT2D eigenvalue weighted by molar-refractivity contribution is 5.97. The van der Waals surface area contributed by atoms with Crippen LogP contribution in [0.1, 0.15) is 99.3 Å². The van der Waals surface area contributed by atoms with E-state index >= 15 is 0 Å². The summed E-state index contributed by atoms with van der Waals surface area (Å²) in [5.41, 5.74) is 5.16. The zero-order valence-electron chi connectivity index (χ0n) is 32.6. The van der Waals surface area contributed by atoms with Crippen molar-refractivity contribution in [1.82, 2.24) is 20.6 Å². The van der Waals surface area contributed by atoms with Crippen LogP contribution in [0.4, 0.5) is 0 Å². The van der Waals surface area contributed by atoms with Crippen LogP contribution in [0.15, 0.2) is 109 Å². The van der Waals surface area contributed by atoms with E-state index in [0.717, 1.165) is 40.0 Å². The Balaban J connectivity index is 1.28. The van der Waals surface area contributed by atoms with E-state index < -0.39 is 36.3 Å². The normalized spacial score (nSPS) is 12.4. The lowest BCUT2D eigenvalue weighted by atomic mass is 9.86. The molecule has 2 amide bonds. The average Bonchev–Trinajstić information content (AvgIpc) is 3.19. The Kier molecular flexibility index (Phi) is 14.3.